The van der Waals surface area contributed by atoms with Crippen LogP contribution in [-0.4, -0.2) is 13.2 Å². The first-order chi connectivity index (χ1) is 8.90. The monoisotopic (exact) mass is 239 g/mol. The smallest absolute Gasteiger partial charge is 0.127 e. The molecule has 3 rings (SSSR count). The van der Waals surface area contributed by atoms with E-state index < -0.39 is 0 Å². The van der Waals surface area contributed by atoms with Gasteiger partial charge in [0.15, 0.2) is 0 Å². The topological polar surface area (TPSA) is 21.3 Å². The number of hydrogen-bond acceptors (Lipinski definition) is 2. The van der Waals surface area contributed by atoms with Gasteiger partial charge < -0.3 is 10.1 Å². The molecule has 2 heteroatoms. The van der Waals surface area contributed by atoms with Crippen LogP contribution in [0.15, 0.2) is 42.5 Å². The van der Waals surface area contributed by atoms with Gasteiger partial charge in [0.25, 0.3) is 0 Å². The fourth-order valence-electron chi connectivity index (χ4n) is 2.57. The van der Waals surface area contributed by atoms with Crippen LogP contribution in [0.25, 0.3) is 11.1 Å². The molecular weight excluding hydrogens is 222 g/mol. The van der Waals surface area contributed by atoms with Crippen LogP contribution in [0.5, 0.6) is 5.75 Å². The van der Waals surface area contributed by atoms with E-state index in [4.69, 9.17) is 4.74 Å². The summed E-state index contributed by atoms with van der Waals surface area (Å²) in [4.78, 5) is 0. The summed E-state index contributed by atoms with van der Waals surface area (Å²) in [7, 11) is 0. The van der Waals surface area contributed by atoms with E-state index in [1.165, 1.54) is 22.4 Å². The van der Waals surface area contributed by atoms with E-state index in [2.05, 4.69) is 35.6 Å². The van der Waals surface area contributed by atoms with Crippen LogP contribution in [0.2, 0.25) is 0 Å². The summed E-state index contributed by atoms with van der Waals surface area (Å²) >= 11 is 0. The molecule has 2 nitrogen and oxygen atoms in total. The summed E-state index contributed by atoms with van der Waals surface area (Å²) in [5.41, 5.74) is 5.16. The number of ether oxygens (including phenoxy) is 1. The van der Waals surface area contributed by atoms with Crippen LogP contribution < -0.4 is 10.1 Å². The molecule has 1 aliphatic heterocycles. The Kier molecular flexibility index (Phi) is 2.93. The van der Waals surface area contributed by atoms with Gasteiger partial charge >= 0.3 is 0 Å². The highest BCUT2D eigenvalue weighted by Gasteiger charge is 2.16. The normalized spacial score (nSPS) is 12.9. The number of hydrogen-bond donors (Lipinski definition) is 1. The SMILES string of the molecule is CCOc1ccccc1-c1cccc2c1CCN2. The summed E-state index contributed by atoms with van der Waals surface area (Å²) in [5, 5.41) is 3.42. The molecule has 0 radical (unpaired) electrons. The molecule has 1 N–H and O–H groups in total. The van der Waals surface area contributed by atoms with Crippen LogP contribution in [-0.2, 0) is 6.42 Å². The van der Waals surface area contributed by atoms with E-state index in [1.807, 2.05) is 19.1 Å². The van der Waals surface area contributed by atoms with Gasteiger partial charge in [0.1, 0.15) is 5.75 Å². The summed E-state index contributed by atoms with van der Waals surface area (Å²) in [5.74, 6) is 0.973. The van der Waals surface area contributed by atoms with Crippen LogP contribution in [0, 0.1) is 0 Å². The minimum absolute atomic E-state index is 0.699. The van der Waals surface area contributed by atoms with E-state index in [0.717, 1.165) is 18.7 Å². The predicted octanol–water partition coefficient (Wildman–Crippen LogP) is 3.72. The van der Waals surface area contributed by atoms with Crippen molar-refractivity contribution in [3.63, 3.8) is 0 Å². The van der Waals surface area contributed by atoms with Gasteiger partial charge in [-0.1, -0.05) is 30.3 Å². The summed E-state index contributed by atoms with van der Waals surface area (Å²) < 4.78 is 5.73. The van der Waals surface area contributed by atoms with E-state index in [9.17, 15) is 0 Å². The molecule has 0 saturated heterocycles. The number of benzene rings is 2. The van der Waals surface area contributed by atoms with Crippen LogP contribution in [0.4, 0.5) is 5.69 Å². The van der Waals surface area contributed by atoms with Gasteiger partial charge in [-0.2, -0.15) is 0 Å². The number of fused-ring (bicyclic) bond motifs is 1. The maximum Gasteiger partial charge on any atom is 0.127 e. The molecule has 18 heavy (non-hydrogen) atoms. The van der Waals surface area contributed by atoms with Gasteiger partial charge in [-0.05, 0) is 36.6 Å². The lowest BCUT2D eigenvalue weighted by atomic mass is 9.97. The van der Waals surface area contributed by atoms with Crippen molar-refractivity contribution in [3.8, 4) is 16.9 Å². The molecule has 2 aromatic rings. The maximum atomic E-state index is 5.73. The number of nitrogens with one attached hydrogen (secondary N) is 1. The molecule has 1 aliphatic rings. The molecule has 0 spiro atoms. The average Bonchev–Trinajstić information content (AvgIpc) is 2.88. The Balaban J connectivity index is 2.13. The third kappa shape index (κ3) is 1.84. The van der Waals surface area contributed by atoms with Gasteiger partial charge in [0, 0.05) is 17.8 Å². The van der Waals surface area contributed by atoms with Gasteiger partial charge in [0.2, 0.25) is 0 Å². The second-order valence-electron chi connectivity index (χ2n) is 4.44. The lowest BCUT2D eigenvalue weighted by Crippen LogP contribution is -1.95. The highest BCUT2D eigenvalue weighted by Crippen LogP contribution is 2.37. The van der Waals surface area contributed by atoms with Gasteiger partial charge in [0.05, 0.1) is 6.61 Å². The molecule has 1 heterocycles. The quantitative estimate of drug-likeness (QED) is 0.881. The van der Waals surface area contributed by atoms with Crippen molar-refractivity contribution in [2.24, 2.45) is 0 Å². The minimum Gasteiger partial charge on any atom is -0.493 e. The first-order valence-corrected chi connectivity index (χ1v) is 6.48. The van der Waals surface area contributed by atoms with Crippen LogP contribution in [0.3, 0.4) is 0 Å². The highest BCUT2D eigenvalue weighted by molar-refractivity contribution is 5.79. The zero-order valence-corrected chi connectivity index (χ0v) is 10.6. The largest absolute Gasteiger partial charge is 0.493 e. The van der Waals surface area contributed by atoms with E-state index >= 15 is 0 Å². The number of rotatable bonds is 3. The summed E-state index contributed by atoms with van der Waals surface area (Å²) in [6, 6.07) is 14.7. The lowest BCUT2D eigenvalue weighted by Gasteiger charge is -2.13. The fraction of sp³-hybridized carbons (Fsp3) is 0.250. The number of para-hydroxylation sites is 1. The molecule has 0 amide bonds. The van der Waals surface area contributed by atoms with Crippen molar-refractivity contribution in [2.75, 3.05) is 18.5 Å². The number of anilines is 1. The maximum absolute atomic E-state index is 5.73. The predicted molar refractivity (Wildman–Crippen MR) is 75.2 cm³/mol. The van der Waals surface area contributed by atoms with Crippen molar-refractivity contribution >= 4 is 5.69 Å². The standard InChI is InChI=1S/C16H17NO/c1-2-18-16-9-4-3-6-14(16)12-7-5-8-15-13(12)10-11-17-15/h3-9,17H,2,10-11H2,1H3. The fourth-order valence-corrected chi connectivity index (χ4v) is 2.57. The average molecular weight is 239 g/mol. The van der Waals surface area contributed by atoms with Crippen molar-refractivity contribution in [1.29, 1.82) is 0 Å². The molecule has 92 valence electrons. The van der Waals surface area contributed by atoms with Crippen molar-refractivity contribution < 1.29 is 4.74 Å². The first-order valence-electron chi connectivity index (χ1n) is 6.48. The molecule has 2 aromatic carbocycles. The minimum atomic E-state index is 0.699. The molecular formula is C16H17NO. The molecule has 0 bridgehead atoms. The molecule has 0 saturated carbocycles. The molecule has 0 aromatic heterocycles. The van der Waals surface area contributed by atoms with Crippen molar-refractivity contribution in [1.82, 2.24) is 0 Å². The highest BCUT2D eigenvalue weighted by atomic mass is 16.5. The lowest BCUT2D eigenvalue weighted by molar-refractivity contribution is 0.341. The Morgan fingerprint density at radius 3 is 2.78 bits per heavy atom. The Bertz CT molecular complexity index is 563. The van der Waals surface area contributed by atoms with E-state index in [1.54, 1.807) is 0 Å². The molecule has 0 fully saturated rings. The van der Waals surface area contributed by atoms with Crippen LogP contribution in [0.1, 0.15) is 12.5 Å². The Hall–Kier alpha value is -1.96. The molecule has 0 unspecified atom stereocenters. The van der Waals surface area contributed by atoms with Gasteiger partial charge in [-0.3, -0.25) is 0 Å². The van der Waals surface area contributed by atoms with Gasteiger partial charge in [-0.15, -0.1) is 0 Å². The third-order valence-electron chi connectivity index (χ3n) is 3.34. The summed E-state index contributed by atoms with van der Waals surface area (Å²) in [6.07, 6.45) is 1.09. The van der Waals surface area contributed by atoms with Gasteiger partial charge in [-0.25, -0.2) is 0 Å². The van der Waals surface area contributed by atoms with Crippen molar-refractivity contribution in [2.45, 2.75) is 13.3 Å². The van der Waals surface area contributed by atoms with Crippen molar-refractivity contribution in [3.05, 3.63) is 48.0 Å². The zero-order chi connectivity index (χ0) is 12.4. The summed E-state index contributed by atoms with van der Waals surface area (Å²) in [6.45, 7) is 3.75. The third-order valence-corrected chi connectivity index (χ3v) is 3.34. The molecule has 0 aliphatic carbocycles. The second-order valence-corrected chi connectivity index (χ2v) is 4.44. The second kappa shape index (κ2) is 4.73. The first kappa shape index (κ1) is 11.1. The Labute approximate surface area is 108 Å². The Morgan fingerprint density at radius 1 is 1.06 bits per heavy atom. The Morgan fingerprint density at radius 2 is 1.89 bits per heavy atom. The van der Waals surface area contributed by atoms with E-state index in [0.29, 0.717) is 6.61 Å². The van der Waals surface area contributed by atoms with Crippen LogP contribution >= 0.6 is 0 Å². The zero-order valence-electron chi connectivity index (χ0n) is 10.6. The molecule has 0 atom stereocenters. The van der Waals surface area contributed by atoms with E-state index in [-0.39, 0.29) is 0 Å².